The van der Waals surface area contributed by atoms with Crippen LogP contribution in [0.4, 0.5) is 0 Å². The number of aliphatic hydroxyl groups excluding tert-OH is 1. The molecule has 1 aromatic rings. The second-order valence-electron chi connectivity index (χ2n) is 5.60. The van der Waals surface area contributed by atoms with Gasteiger partial charge in [0.15, 0.2) is 0 Å². The lowest BCUT2D eigenvalue weighted by atomic mass is 9.96. The summed E-state index contributed by atoms with van der Waals surface area (Å²) in [6.45, 7) is 10.7. The van der Waals surface area contributed by atoms with Crippen LogP contribution >= 0.6 is 0 Å². The van der Waals surface area contributed by atoms with Crippen molar-refractivity contribution in [3.8, 4) is 0 Å². The van der Waals surface area contributed by atoms with Crippen LogP contribution in [-0.4, -0.2) is 17.2 Å². The van der Waals surface area contributed by atoms with Gasteiger partial charge in [-0.3, -0.25) is 0 Å². The van der Waals surface area contributed by atoms with Crippen LogP contribution in [0.1, 0.15) is 64.2 Å². The summed E-state index contributed by atoms with van der Waals surface area (Å²) >= 11 is 0. The molecular weight excluding hydrogens is 222 g/mol. The molecule has 0 saturated carbocycles. The summed E-state index contributed by atoms with van der Waals surface area (Å²) in [6.07, 6.45) is 0.490. The largest absolute Gasteiger partial charge is 0.387 e. The molecule has 0 aliphatic carbocycles. The highest BCUT2D eigenvalue weighted by Crippen LogP contribution is 2.22. The van der Waals surface area contributed by atoms with E-state index in [1.54, 1.807) is 0 Å². The van der Waals surface area contributed by atoms with Crippen molar-refractivity contribution in [2.75, 3.05) is 0 Å². The van der Waals surface area contributed by atoms with Gasteiger partial charge in [-0.05, 0) is 23.5 Å². The van der Waals surface area contributed by atoms with Crippen molar-refractivity contribution >= 4 is 0 Å². The van der Waals surface area contributed by atoms with E-state index in [1.165, 1.54) is 5.56 Å². The molecular formula is C16H27NO. The second kappa shape index (κ2) is 6.91. The highest BCUT2D eigenvalue weighted by atomic mass is 16.3. The van der Waals surface area contributed by atoms with Gasteiger partial charge < -0.3 is 10.4 Å². The lowest BCUT2D eigenvalue weighted by Gasteiger charge is -2.25. The molecule has 2 unspecified atom stereocenters. The minimum atomic E-state index is -0.432. The fourth-order valence-electron chi connectivity index (χ4n) is 2.17. The van der Waals surface area contributed by atoms with Gasteiger partial charge in [0.1, 0.15) is 0 Å². The summed E-state index contributed by atoms with van der Waals surface area (Å²) in [7, 11) is 0. The maximum atomic E-state index is 10.4. The molecule has 0 spiro atoms. The molecule has 2 heteroatoms. The van der Waals surface area contributed by atoms with Crippen molar-refractivity contribution in [3.63, 3.8) is 0 Å². The Hall–Kier alpha value is -0.860. The Kier molecular flexibility index (Phi) is 5.83. The lowest BCUT2D eigenvalue weighted by molar-refractivity contribution is 0.121. The number of hydrogen-bond donors (Lipinski definition) is 2. The zero-order valence-corrected chi connectivity index (χ0v) is 12.3. The molecule has 1 aromatic carbocycles. The van der Waals surface area contributed by atoms with E-state index < -0.39 is 6.10 Å². The molecule has 0 radical (unpaired) electrons. The molecule has 0 fully saturated rings. The topological polar surface area (TPSA) is 32.3 Å². The Balaban J connectivity index is 2.78. The van der Waals surface area contributed by atoms with Crippen molar-refractivity contribution in [1.29, 1.82) is 0 Å². The van der Waals surface area contributed by atoms with Gasteiger partial charge in [0.25, 0.3) is 0 Å². The van der Waals surface area contributed by atoms with Gasteiger partial charge in [-0.2, -0.15) is 0 Å². The molecule has 0 amide bonds. The summed E-state index contributed by atoms with van der Waals surface area (Å²) in [4.78, 5) is 0. The monoisotopic (exact) mass is 249 g/mol. The third-order valence-corrected chi connectivity index (χ3v) is 3.31. The first-order valence-electron chi connectivity index (χ1n) is 6.99. The Morgan fingerprint density at radius 2 is 1.50 bits per heavy atom. The maximum absolute atomic E-state index is 10.4. The van der Waals surface area contributed by atoms with E-state index in [0.717, 1.165) is 12.0 Å². The Morgan fingerprint density at radius 1 is 1.00 bits per heavy atom. The fourth-order valence-corrected chi connectivity index (χ4v) is 2.17. The van der Waals surface area contributed by atoms with Crippen LogP contribution in [0.15, 0.2) is 24.3 Å². The van der Waals surface area contributed by atoms with Gasteiger partial charge in [0, 0.05) is 12.1 Å². The fraction of sp³-hybridized carbons (Fsp3) is 0.625. The molecule has 18 heavy (non-hydrogen) atoms. The smallest absolute Gasteiger partial charge is 0.0942 e. The number of benzene rings is 1. The number of rotatable bonds is 6. The van der Waals surface area contributed by atoms with Gasteiger partial charge in [-0.1, -0.05) is 58.9 Å². The molecule has 0 aromatic heterocycles. The van der Waals surface area contributed by atoms with E-state index in [9.17, 15) is 5.11 Å². The first-order chi connectivity index (χ1) is 8.45. The maximum Gasteiger partial charge on any atom is 0.0942 e. The number of hydrogen-bond acceptors (Lipinski definition) is 2. The van der Waals surface area contributed by atoms with E-state index in [4.69, 9.17) is 0 Å². The van der Waals surface area contributed by atoms with Gasteiger partial charge in [0.05, 0.1) is 6.10 Å². The molecule has 0 aliphatic heterocycles. The predicted molar refractivity (Wildman–Crippen MR) is 77.8 cm³/mol. The van der Waals surface area contributed by atoms with Crippen LogP contribution < -0.4 is 5.32 Å². The van der Waals surface area contributed by atoms with E-state index in [0.29, 0.717) is 12.0 Å². The van der Waals surface area contributed by atoms with Crippen molar-refractivity contribution in [2.45, 2.75) is 65.1 Å². The van der Waals surface area contributed by atoms with Crippen molar-refractivity contribution in [1.82, 2.24) is 5.32 Å². The van der Waals surface area contributed by atoms with Gasteiger partial charge in [0.2, 0.25) is 0 Å². The Bertz CT molecular complexity index is 343. The third-order valence-electron chi connectivity index (χ3n) is 3.31. The summed E-state index contributed by atoms with van der Waals surface area (Å²) in [5.74, 6) is 0.534. The average Bonchev–Trinajstić information content (AvgIpc) is 2.35. The summed E-state index contributed by atoms with van der Waals surface area (Å²) in [6, 6.07) is 8.83. The molecule has 0 bridgehead atoms. The molecule has 0 heterocycles. The van der Waals surface area contributed by atoms with Crippen LogP contribution in [0.2, 0.25) is 0 Å². The highest BCUT2D eigenvalue weighted by molar-refractivity contribution is 5.26. The standard InChI is InChI=1S/C16H27NO/c1-6-15(17-12(4)5)16(18)14-9-7-13(8-10-14)11(2)3/h7-12,15-18H,6H2,1-5H3. The molecule has 2 N–H and O–H groups in total. The molecule has 1 rings (SSSR count). The van der Waals surface area contributed by atoms with Crippen LogP contribution in [0.3, 0.4) is 0 Å². The average molecular weight is 249 g/mol. The quantitative estimate of drug-likeness (QED) is 0.807. The van der Waals surface area contributed by atoms with E-state index in [1.807, 2.05) is 12.1 Å². The second-order valence-corrected chi connectivity index (χ2v) is 5.60. The zero-order chi connectivity index (χ0) is 13.7. The van der Waals surface area contributed by atoms with Gasteiger partial charge in [-0.25, -0.2) is 0 Å². The van der Waals surface area contributed by atoms with Crippen LogP contribution in [-0.2, 0) is 0 Å². The minimum Gasteiger partial charge on any atom is -0.387 e. The molecule has 2 atom stereocenters. The normalized spacial score (nSPS) is 15.1. The summed E-state index contributed by atoms with van der Waals surface area (Å²) in [5.41, 5.74) is 2.32. The van der Waals surface area contributed by atoms with Crippen LogP contribution in [0.25, 0.3) is 0 Å². The van der Waals surface area contributed by atoms with Gasteiger partial charge in [-0.15, -0.1) is 0 Å². The molecule has 0 aliphatic rings. The summed E-state index contributed by atoms with van der Waals surface area (Å²) in [5, 5.41) is 13.8. The highest BCUT2D eigenvalue weighted by Gasteiger charge is 2.19. The number of aliphatic hydroxyl groups is 1. The van der Waals surface area contributed by atoms with E-state index >= 15 is 0 Å². The minimum absolute atomic E-state index is 0.120. The Labute approximate surface area is 111 Å². The summed E-state index contributed by atoms with van der Waals surface area (Å²) < 4.78 is 0. The lowest BCUT2D eigenvalue weighted by Crippen LogP contribution is -2.38. The van der Waals surface area contributed by atoms with Crippen LogP contribution in [0, 0.1) is 0 Å². The molecule has 0 saturated heterocycles. The van der Waals surface area contributed by atoms with E-state index in [2.05, 4.69) is 52.1 Å². The van der Waals surface area contributed by atoms with Crippen molar-refractivity contribution in [3.05, 3.63) is 35.4 Å². The Morgan fingerprint density at radius 3 is 1.89 bits per heavy atom. The predicted octanol–water partition coefficient (Wildman–Crippen LogP) is 3.62. The van der Waals surface area contributed by atoms with Crippen LogP contribution in [0.5, 0.6) is 0 Å². The molecule has 102 valence electrons. The van der Waals surface area contributed by atoms with Gasteiger partial charge >= 0.3 is 0 Å². The first kappa shape index (κ1) is 15.2. The van der Waals surface area contributed by atoms with Crippen molar-refractivity contribution < 1.29 is 5.11 Å². The SMILES string of the molecule is CCC(NC(C)C)C(O)c1ccc(C(C)C)cc1. The third kappa shape index (κ3) is 4.11. The van der Waals surface area contributed by atoms with Crippen molar-refractivity contribution in [2.24, 2.45) is 0 Å². The number of nitrogens with one attached hydrogen (secondary N) is 1. The van der Waals surface area contributed by atoms with E-state index in [-0.39, 0.29) is 6.04 Å². The zero-order valence-electron chi connectivity index (χ0n) is 12.3. The first-order valence-corrected chi connectivity index (χ1v) is 6.99. The molecule has 2 nitrogen and oxygen atoms in total.